The molecule has 0 spiro atoms. The quantitative estimate of drug-likeness (QED) is 0.518. The second-order valence-electron chi connectivity index (χ2n) is 2.91. The van der Waals surface area contributed by atoms with E-state index in [0.29, 0.717) is 0 Å². The molecule has 0 N–H and O–H groups in total. The van der Waals surface area contributed by atoms with Gasteiger partial charge in [0.05, 0.1) is 0 Å². The van der Waals surface area contributed by atoms with Crippen LogP contribution in [-0.2, 0) is 0 Å². The highest BCUT2D eigenvalue weighted by molar-refractivity contribution is 4.82. The van der Waals surface area contributed by atoms with Crippen molar-refractivity contribution in [2.75, 3.05) is 13.1 Å². The highest BCUT2D eigenvalue weighted by Crippen LogP contribution is 1.99. The zero-order valence-corrected chi connectivity index (χ0v) is 8.86. The highest BCUT2D eigenvalue weighted by Gasteiger charge is 1.95. The van der Waals surface area contributed by atoms with Crippen LogP contribution in [0, 0.1) is 0 Å². The SMILES string of the molecule is C=CN(C=C)CCCCN(C=C)C=C. The van der Waals surface area contributed by atoms with Crippen molar-refractivity contribution in [1.29, 1.82) is 0 Å². The van der Waals surface area contributed by atoms with Gasteiger partial charge in [-0.15, -0.1) is 0 Å². The van der Waals surface area contributed by atoms with E-state index < -0.39 is 0 Å². The van der Waals surface area contributed by atoms with Crippen molar-refractivity contribution < 1.29 is 0 Å². The van der Waals surface area contributed by atoms with Gasteiger partial charge in [0.25, 0.3) is 0 Å². The van der Waals surface area contributed by atoms with Crippen molar-refractivity contribution in [2.24, 2.45) is 0 Å². The zero-order valence-electron chi connectivity index (χ0n) is 8.86. The van der Waals surface area contributed by atoms with Gasteiger partial charge in [0.1, 0.15) is 0 Å². The summed E-state index contributed by atoms with van der Waals surface area (Å²) in [5.41, 5.74) is 0. The topological polar surface area (TPSA) is 6.48 Å². The predicted molar refractivity (Wildman–Crippen MR) is 63.4 cm³/mol. The van der Waals surface area contributed by atoms with Gasteiger partial charge in [-0.25, -0.2) is 0 Å². The van der Waals surface area contributed by atoms with Crippen molar-refractivity contribution >= 4 is 0 Å². The van der Waals surface area contributed by atoms with Gasteiger partial charge in [-0.1, -0.05) is 26.3 Å². The van der Waals surface area contributed by atoms with Gasteiger partial charge in [0.2, 0.25) is 0 Å². The summed E-state index contributed by atoms with van der Waals surface area (Å²) in [7, 11) is 0. The van der Waals surface area contributed by atoms with Crippen molar-refractivity contribution in [3.63, 3.8) is 0 Å². The molecule has 0 amide bonds. The molecule has 0 aliphatic carbocycles. The van der Waals surface area contributed by atoms with E-state index in [2.05, 4.69) is 26.3 Å². The normalized spacial score (nSPS) is 8.86. The van der Waals surface area contributed by atoms with Crippen molar-refractivity contribution in [2.45, 2.75) is 12.8 Å². The van der Waals surface area contributed by atoms with Crippen LogP contribution in [0.1, 0.15) is 12.8 Å². The summed E-state index contributed by atoms with van der Waals surface area (Å²) >= 11 is 0. The third-order valence-electron chi connectivity index (χ3n) is 2.02. The molecule has 0 aromatic carbocycles. The lowest BCUT2D eigenvalue weighted by atomic mass is 10.3. The van der Waals surface area contributed by atoms with E-state index >= 15 is 0 Å². The molecule has 0 fully saturated rings. The fourth-order valence-corrected chi connectivity index (χ4v) is 1.10. The molecule has 14 heavy (non-hydrogen) atoms. The first-order chi connectivity index (χ1) is 6.78. The summed E-state index contributed by atoms with van der Waals surface area (Å²) in [5, 5.41) is 0. The van der Waals surface area contributed by atoms with Crippen LogP contribution in [-0.4, -0.2) is 22.9 Å². The molecule has 2 nitrogen and oxygen atoms in total. The molecular weight excluding hydrogens is 172 g/mol. The Morgan fingerprint density at radius 3 is 1.14 bits per heavy atom. The molecule has 0 saturated heterocycles. The van der Waals surface area contributed by atoms with Crippen LogP contribution >= 0.6 is 0 Å². The number of hydrogen-bond donors (Lipinski definition) is 0. The second kappa shape index (κ2) is 8.17. The summed E-state index contributed by atoms with van der Waals surface area (Å²) in [4.78, 5) is 3.96. The largest absolute Gasteiger partial charge is 0.355 e. The van der Waals surface area contributed by atoms with Gasteiger partial charge in [-0.2, -0.15) is 0 Å². The Kier molecular flexibility index (Phi) is 7.33. The van der Waals surface area contributed by atoms with E-state index in [4.69, 9.17) is 0 Å². The zero-order chi connectivity index (χ0) is 10.8. The molecule has 0 saturated carbocycles. The third-order valence-corrected chi connectivity index (χ3v) is 2.02. The average Bonchev–Trinajstić information content (AvgIpc) is 2.24. The molecule has 0 unspecified atom stereocenters. The molecule has 0 atom stereocenters. The summed E-state index contributed by atoms with van der Waals surface area (Å²) in [6, 6.07) is 0. The number of rotatable bonds is 9. The maximum atomic E-state index is 3.69. The monoisotopic (exact) mass is 192 g/mol. The van der Waals surface area contributed by atoms with Gasteiger partial charge in [-0.3, -0.25) is 0 Å². The van der Waals surface area contributed by atoms with Crippen LogP contribution in [0.15, 0.2) is 51.1 Å². The van der Waals surface area contributed by atoms with Gasteiger partial charge in [0, 0.05) is 13.1 Å². The molecule has 0 aliphatic rings. The molecule has 78 valence electrons. The van der Waals surface area contributed by atoms with Crippen molar-refractivity contribution in [1.82, 2.24) is 9.80 Å². The van der Waals surface area contributed by atoms with Gasteiger partial charge in [0.15, 0.2) is 0 Å². The van der Waals surface area contributed by atoms with Gasteiger partial charge in [-0.05, 0) is 37.6 Å². The maximum absolute atomic E-state index is 3.69. The van der Waals surface area contributed by atoms with Gasteiger partial charge < -0.3 is 9.80 Å². The molecule has 0 aromatic heterocycles. The number of hydrogen-bond acceptors (Lipinski definition) is 2. The van der Waals surface area contributed by atoms with E-state index in [1.165, 1.54) is 0 Å². The first-order valence-corrected chi connectivity index (χ1v) is 4.80. The lowest BCUT2D eigenvalue weighted by molar-refractivity contribution is 0.433. The van der Waals surface area contributed by atoms with Crippen molar-refractivity contribution in [3.8, 4) is 0 Å². The smallest absolute Gasteiger partial charge is 0.0219 e. The van der Waals surface area contributed by atoms with Crippen molar-refractivity contribution in [3.05, 3.63) is 51.1 Å². The molecule has 0 radical (unpaired) electrons. The summed E-state index contributed by atoms with van der Waals surface area (Å²) in [6.07, 6.45) is 9.35. The van der Waals surface area contributed by atoms with Crippen LogP contribution in [0.2, 0.25) is 0 Å². The van der Waals surface area contributed by atoms with E-state index in [9.17, 15) is 0 Å². The van der Waals surface area contributed by atoms with Crippen LogP contribution < -0.4 is 0 Å². The molecule has 2 heteroatoms. The van der Waals surface area contributed by atoms with Crippen LogP contribution in [0.4, 0.5) is 0 Å². The Morgan fingerprint density at radius 2 is 0.929 bits per heavy atom. The lowest BCUT2D eigenvalue weighted by Gasteiger charge is -2.16. The Bertz CT molecular complexity index is 158. The van der Waals surface area contributed by atoms with Crippen LogP contribution in [0.5, 0.6) is 0 Å². The lowest BCUT2D eigenvalue weighted by Crippen LogP contribution is -2.14. The first kappa shape index (κ1) is 12.6. The second-order valence-corrected chi connectivity index (χ2v) is 2.91. The summed E-state index contributed by atoms with van der Waals surface area (Å²) < 4.78 is 0. The summed E-state index contributed by atoms with van der Waals surface area (Å²) in [5.74, 6) is 0. The predicted octanol–water partition coefficient (Wildman–Crippen LogP) is 2.94. The Morgan fingerprint density at radius 1 is 0.643 bits per heavy atom. The average molecular weight is 192 g/mol. The third kappa shape index (κ3) is 5.25. The van der Waals surface area contributed by atoms with E-state index in [0.717, 1.165) is 25.9 Å². The maximum Gasteiger partial charge on any atom is 0.0219 e. The van der Waals surface area contributed by atoms with E-state index in [-0.39, 0.29) is 0 Å². The minimum atomic E-state index is 0.967. The molecule has 0 rings (SSSR count). The van der Waals surface area contributed by atoms with Crippen LogP contribution in [0.25, 0.3) is 0 Å². The van der Waals surface area contributed by atoms with Gasteiger partial charge >= 0.3 is 0 Å². The molecular formula is C12H20N2. The van der Waals surface area contributed by atoms with Crippen LogP contribution in [0.3, 0.4) is 0 Å². The highest BCUT2D eigenvalue weighted by atomic mass is 15.1. The fraction of sp³-hybridized carbons (Fsp3) is 0.333. The minimum absolute atomic E-state index is 0.967. The minimum Gasteiger partial charge on any atom is -0.355 e. The summed E-state index contributed by atoms with van der Waals surface area (Å²) in [6.45, 7) is 16.7. The first-order valence-electron chi connectivity index (χ1n) is 4.80. The molecule has 0 aromatic rings. The Balaban J connectivity index is 3.53. The Labute approximate surface area is 87.5 Å². The molecule has 0 aliphatic heterocycles. The molecule has 0 bridgehead atoms. The molecule has 0 heterocycles. The van der Waals surface area contributed by atoms with E-state index in [1.54, 1.807) is 24.8 Å². The number of unbranched alkanes of at least 4 members (excludes halogenated alkanes) is 1. The number of nitrogens with zero attached hydrogens (tertiary/aromatic N) is 2. The fourth-order valence-electron chi connectivity index (χ4n) is 1.10. The van der Waals surface area contributed by atoms with E-state index in [1.807, 2.05) is 9.80 Å². The standard InChI is InChI=1S/C12H20N2/c1-5-13(6-2)11-9-10-12-14(7-3)8-4/h5-8H,1-4,9-12H2. The Hall–Kier alpha value is -1.44.